The Morgan fingerprint density at radius 3 is 2.82 bits per heavy atom. The average molecular weight is 240 g/mol. The van der Waals surface area contributed by atoms with Crippen LogP contribution in [0.15, 0.2) is 0 Å². The van der Waals surface area contributed by atoms with E-state index in [4.69, 9.17) is 18.9 Å². The van der Waals surface area contributed by atoms with Gasteiger partial charge in [0.05, 0.1) is 36.8 Å². The van der Waals surface area contributed by atoms with Crippen molar-refractivity contribution < 1.29 is 23.7 Å². The van der Waals surface area contributed by atoms with Crippen LogP contribution in [0.4, 0.5) is 0 Å². The second-order valence-corrected chi connectivity index (χ2v) is 5.41. The summed E-state index contributed by atoms with van der Waals surface area (Å²) in [6, 6.07) is 0. The maximum Gasteiger partial charge on any atom is 0.314 e. The van der Waals surface area contributed by atoms with Crippen molar-refractivity contribution in [3.8, 4) is 0 Å². The summed E-state index contributed by atoms with van der Waals surface area (Å²) in [4.78, 5) is 11.8. The molecule has 4 saturated heterocycles. The van der Waals surface area contributed by atoms with Crippen molar-refractivity contribution in [3.05, 3.63) is 0 Å². The Hall–Kier alpha value is -0.650. The molecule has 1 unspecified atom stereocenters. The first-order valence-electron chi connectivity index (χ1n) is 6.37. The number of fused-ring (bicyclic) bond motifs is 5. The quantitative estimate of drug-likeness (QED) is 0.530. The van der Waals surface area contributed by atoms with E-state index in [2.05, 4.69) is 0 Å². The molecular weight excluding hydrogens is 224 g/mol. The molecule has 2 bridgehead atoms. The summed E-state index contributed by atoms with van der Waals surface area (Å²) >= 11 is 0. The van der Waals surface area contributed by atoms with E-state index in [0.29, 0.717) is 6.61 Å². The van der Waals surface area contributed by atoms with Gasteiger partial charge in [-0.3, -0.25) is 4.79 Å². The fourth-order valence-corrected chi connectivity index (χ4v) is 3.38. The fourth-order valence-electron chi connectivity index (χ4n) is 3.38. The molecule has 5 nitrogen and oxygen atoms in total. The highest BCUT2D eigenvalue weighted by Crippen LogP contribution is 2.50. The van der Waals surface area contributed by atoms with Crippen molar-refractivity contribution in [2.24, 2.45) is 11.8 Å². The minimum atomic E-state index is -0.417. The molecule has 4 rings (SSSR count). The number of esters is 1. The van der Waals surface area contributed by atoms with Crippen molar-refractivity contribution >= 4 is 5.97 Å². The lowest BCUT2D eigenvalue weighted by Gasteiger charge is -2.21. The second kappa shape index (κ2) is 3.43. The van der Waals surface area contributed by atoms with Crippen LogP contribution in [0.1, 0.15) is 19.8 Å². The van der Waals surface area contributed by atoms with E-state index < -0.39 is 6.29 Å². The molecule has 0 saturated carbocycles. The molecule has 4 aliphatic rings. The van der Waals surface area contributed by atoms with Crippen LogP contribution in [-0.2, 0) is 23.7 Å². The number of ether oxygens (including phenoxy) is 4. The lowest BCUT2D eigenvalue weighted by Crippen LogP contribution is -2.33. The molecule has 4 fully saturated rings. The molecule has 0 N–H and O–H groups in total. The van der Waals surface area contributed by atoms with Crippen molar-refractivity contribution in [1.82, 2.24) is 0 Å². The van der Waals surface area contributed by atoms with Crippen molar-refractivity contribution in [1.29, 1.82) is 0 Å². The maximum absolute atomic E-state index is 11.8. The fraction of sp³-hybridized carbons (Fsp3) is 0.917. The molecule has 7 atom stereocenters. The lowest BCUT2D eigenvalue weighted by molar-refractivity contribution is -0.175. The van der Waals surface area contributed by atoms with Gasteiger partial charge in [-0.2, -0.15) is 0 Å². The molecule has 0 radical (unpaired) electrons. The van der Waals surface area contributed by atoms with E-state index in [1.54, 1.807) is 0 Å². The zero-order valence-corrected chi connectivity index (χ0v) is 9.70. The zero-order valence-electron chi connectivity index (χ0n) is 9.70. The average Bonchev–Trinajstić information content (AvgIpc) is 2.75. The van der Waals surface area contributed by atoms with Crippen LogP contribution >= 0.6 is 0 Å². The van der Waals surface area contributed by atoms with E-state index in [0.717, 1.165) is 12.8 Å². The van der Waals surface area contributed by atoms with E-state index in [-0.39, 0.29) is 42.2 Å². The first-order valence-corrected chi connectivity index (χ1v) is 6.37. The third-order valence-corrected chi connectivity index (χ3v) is 4.41. The molecular formula is C12H16O5. The summed E-state index contributed by atoms with van der Waals surface area (Å²) in [6.07, 6.45) is 2.27. The van der Waals surface area contributed by atoms with Gasteiger partial charge >= 0.3 is 5.97 Å². The molecule has 0 aliphatic carbocycles. The summed E-state index contributed by atoms with van der Waals surface area (Å²) in [7, 11) is 0. The second-order valence-electron chi connectivity index (χ2n) is 5.41. The number of cyclic esters (lactones) is 1. The van der Waals surface area contributed by atoms with Gasteiger partial charge in [0.15, 0.2) is 0 Å². The van der Waals surface area contributed by atoms with Gasteiger partial charge in [0.2, 0.25) is 6.29 Å². The molecule has 0 amide bonds. The molecule has 4 aliphatic heterocycles. The Kier molecular flexibility index (Phi) is 2.08. The molecule has 94 valence electrons. The predicted molar refractivity (Wildman–Crippen MR) is 55.0 cm³/mol. The van der Waals surface area contributed by atoms with E-state index in [1.165, 1.54) is 0 Å². The smallest absolute Gasteiger partial charge is 0.314 e. The minimum Gasteiger partial charge on any atom is -0.435 e. The highest BCUT2D eigenvalue weighted by molar-refractivity contribution is 5.76. The van der Waals surface area contributed by atoms with Crippen LogP contribution in [0, 0.1) is 11.8 Å². The van der Waals surface area contributed by atoms with Crippen molar-refractivity contribution in [3.63, 3.8) is 0 Å². The van der Waals surface area contributed by atoms with Crippen LogP contribution in [-0.4, -0.2) is 43.3 Å². The van der Waals surface area contributed by atoms with Crippen LogP contribution in [0.2, 0.25) is 0 Å². The van der Waals surface area contributed by atoms with Crippen molar-refractivity contribution in [2.75, 3.05) is 6.61 Å². The molecule has 0 spiro atoms. The highest BCUT2D eigenvalue weighted by atomic mass is 16.7. The SMILES string of the molecule is CC1O[C@@H]1CO[C@@H]1OC(=O)[C@H]2[C@@H]1[C@@H]1CC[C@H]2O1. The van der Waals surface area contributed by atoms with Crippen LogP contribution in [0.5, 0.6) is 0 Å². The van der Waals surface area contributed by atoms with Gasteiger partial charge in [-0.1, -0.05) is 0 Å². The Morgan fingerprint density at radius 2 is 2.06 bits per heavy atom. The Morgan fingerprint density at radius 1 is 1.29 bits per heavy atom. The standard InChI is InChI=1S/C12H16O5/c1-5-8(15-5)4-14-12-10-7-3-2-6(16-7)9(10)11(13)17-12/h5-10,12H,2-4H2,1H3/t5?,6-,7+,8-,9-,10+,12-/m1/s1. The monoisotopic (exact) mass is 240 g/mol. The topological polar surface area (TPSA) is 57.3 Å². The van der Waals surface area contributed by atoms with Crippen LogP contribution in [0.25, 0.3) is 0 Å². The number of carbonyl (C=O) groups is 1. The van der Waals surface area contributed by atoms with Gasteiger partial charge < -0.3 is 18.9 Å². The first kappa shape index (κ1) is 10.3. The molecule has 0 aromatic carbocycles. The maximum atomic E-state index is 11.8. The summed E-state index contributed by atoms with van der Waals surface area (Å²) in [5.41, 5.74) is 0. The Labute approximate surface area is 99.3 Å². The third kappa shape index (κ3) is 1.46. The lowest BCUT2D eigenvalue weighted by atomic mass is 9.81. The van der Waals surface area contributed by atoms with Gasteiger partial charge in [-0.15, -0.1) is 0 Å². The van der Waals surface area contributed by atoms with Crippen LogP contribution in [0.3, 0.4) is 0 Å². The number of hydrogen-bond donors (Lipinski definition) is 0. The normalized spacial score (nSPS) is 54.9. The van der Waals surface area contributed by atoms with Gasteiger partial charge in [-0.05, 0) is 19.8 Å². The summed E-state index contributed by atoms with van der Waals surface area (Å²) < 4.78 is 22.1. The van der Waals surface area contributed by atoms with E-state index in [9.17, 15) is 4.79 Å². The van der Waals surface area contributed by atoms with Gasteiger partial charge in [-0.25, -0.2) is 0 Å². The Balaban J connectivity index is 1.44. The number of rotatable bonds is 3. The molecule has 4 heterocycles. The number of hydrogen-bond acceptors (Lipinski definition) is 5. The van der Waals surface area contributed by atoms with Gasteiger partial charge in [0.25, 0.3) is 0 Å². The van der Waals surface area contributed by atoms with Gasteiger partial charge in [0, 0.05) is 0 Å². The van der Waals surface area contributed by atoms with E-state index in [1.807, 2.05) is 6.92 Å². The predicted octanol–water partition coefficient (Wildman–Crippen LogP) is 0.467. The molecule has 5 heteroatoms. The van der Waals surface area contributed by atoms with Crippen LogP contribution < -0.4 is 0 Å². The summed E-state index contributed by atoms with van der Waals surface area (Å²) in [6.45, 7) is 2.53. The number of epoxide rings is 1. The highest BCUT2D eigenvalue weighted by Gasteiger charge is 2.61. The number of carbonyl (C=O) groups excluding carboxylic acids is 1. The summed E-state index contributed by atoms with van der Waals surface area (Å²) in [5, 5.41) is 0. The Bertz CT molecular complexity index is 357. The minimum absolute atomic E-state index is 0.0715. The van der Waals surface area contributed by atoms with Crippen molar-refractivity contribution in [2.45, 2.75) is 50.5 Å². The molecule has 17 heavy (non-hydrogen) atoms. The molecule has 0 aromatic heterocycles. The first-order chi connectivity index (χ1) is 8.24. The molecule has 0 aromatic rings. The van der Waals surface area contributed by atoms with Gasteiger partial charge in [0.1, 0.15) is 6.10 Å². The summed E-state index contributed by atoms with van der Waals surface area (Å²) in [5.74, 6) is -0.122. The third-order valence-electron chi connectivity index (χ3n) is 4.41. The largest absolute Gasteiger partial charge is 0.435 e. The van der Waals surface area contributed by atoms with E-state index >= 15 is 0 Å². The zero-order chi connectivity index (χ0) is 11.6.